The first-order chi connectivity index (χ1) is 14.4. The van der Waals surface area contributed by atoms with E-state index in [9.17, 15) is 0 Å². The number of nitrogens with zero attached hydrogens (tertiary/aromatic N) is 4. The molecule has 0 fully saturated rings. The van der Waals surface area contributed by atoms with Crippen LogP contribution in [-0.2, 0) is 13.0 Å². The maximum atomic E-state index is 4.95. The Balaban J connectivity index is 1.57. The van der Waals surface area contributed by atoms with Gasteiger partial charge in [-0.3, -0.25) is 4.98 Å². The second-order valence-corrected chi connectivity index (χ2v) is 7.80. The monoisotopic (exact) mass is 397 g/mol. The van der Waals surface area contributed by atoms with Crippen LogP contribution in [0, 0.1) is 0 Å². The third kappa shape index (κ3) is 3.75. The predicted molar refractivity (Wildman–Crippen MR) is 117 cm³/mol. The molecular formula is C23H19N5S. The van der Waals surface area contributed by atoms with E-state index in [-0.39, 0.29) is 0 Å². The molecule has 142 valence electrons. The summed E-state index contributed by atoms with van der Waals surface area (Å²) in [6, 6.07) is 20.5. The number of benzene rings is 1. The van der Waals surface area contributed by atoms with Crippen LogP contribution in [0.4, 0.5) is 5.82 Å². The fraction of sp³-hybridized carbons (Fsp3) is 0.0870. The summed E-state index contributed by atoms with van der Waals surface area (Å²) >= 11 is 1.75. The minimum Gasteiger partial charge on any atom is -0.366 e. The molecule has 0 spiro atoms. The zero-order valence-corrected chi connectivity index (χ0v) is 16.5. The Morgan fingerprint density at radius 1 is 0.966 bits per heavy atom. The van der Waals surface area contributed by atoms with Crippen molar-refractivity contribution in [3.63, 3.8) is 0 Å². The lowest BCUT2D eigenvalue weighted by Crippen LogP contribution is -2.07. The zero-order valence-electron chi connectivity index (χ0n) is 15.7. The van der Waals surface area contributed by atoms with Crippen LogP contribution in [0.25, 0.3) is 16.9 Å². The molecule has 1 N–H and O–H groups in total. The van der Waals surface area contributed by atoms with Crippen molar-refractivity contribution in [3.05, 3.63) is 101 Å². The number of nitrogens with one attached hydrogen (secondary N) is 1. The highest BCUT2D eigenvalue weighted by Gasteiger charge is 2.13. The Kier molecular flexibility index (Phi) is 4.76. The maximum Gasteiger partial charge on any atom is 0.161 e. The standard InChI is InChI=1S/C23H19N5S/c1-2-7-18(8-3-1)21-13-22(25-15-17-6-4-10-24-14-17)28-23(27-21)19(16-26-28)12-20-9-5-11-29-20/h1-11,13-14,16,25H,12,15H2. The Hall–Kier alpha value is -3.51. The van der Waals surface area contributed by atoms with Gasteiger partial charge in [0.15, 0.2) is 5.65 Å². The van der Waals surface area contributed by atoms with Crippen molar-refractivity contribution in [2.24, 2.45) is 0 Å². The van der Waals surface area contributed by atoms with Gasteiger partial charge >= 0.3 is 0 Å². The molecule has 0 aliphatic carbocycles. The van der Waals surface area contributed by atoms with Gasteiger partial charge in [0.05, 0.1) is 11.9 Å². The molecule has 0 saturated heterocycles. The van der Waals surface area contributed by atoms with E-state index in [4.69, 9.17) is 4.98 Å². The zero-order chi connectivity index (χ0) is 19.5. The normalized spacial score (nSPS) is 11.0. The summed E-state index contributed by atoms with van der Waals surface area (Å²) in [5.74, 6) is 0.912. The Bertz CT molecular complexity index is 1210. The number of anilines is 1. The third-order valence-electron chi connectivity index (χ3n) is 4.76. The number of thiophene rings is 1. The van der Waals surface area contributed by atoms with E-state index in [2.05, 4.69) is 57.2 Å². The Labute approximate surface area is 172 Å². The molecule has 5 nitrogen and oxygen atoms in total. The van der Waals surface area contributed by atoms with Crippen LogP contribution in [0.15, 0.2) is 84.6 Å². The maximum absolute atomic E-state index is 4.95. The van der Waals surface area contributed by atoms with E-state index in [1.807, 2.05) is 41.2 Å². The van der Waals surface area contributed by atoms with Crippen molar-refractivity contribution in [3.8, 4) is 11.3 Å². The quantitative estimate of drug-likeness (QED) is 0.435. The lowest BCUT2D eigenvalue weighted by Gasteiger charge is -2.11. The fourth-order valence-corrected chi connectivity index (χ4v) is 4.04. The van der Waals surface area contributed by atoms with Gasteiger partial charge in [0.1, 0.15) is 5.82 Å². The van der Waals surface area contributed by atoms with Crippen LogP contribution in [0.5, 0.6) is 0 Å². The van der Waals surface area contributed by atoms with Crippen molar-refractivity contribution in [1.29, 1.82) is 0 Å². The summed E-state index contributed by atoms with van der Waals surface area (Å²) in [7, 11) is 0. The van der Waals surface area contributed by atoms with Gasteiger partial charge in [-0.05, 0) is 23.1 Å². The van der Waals surface area contributed by atoms with E-state index >= 15 is 0 Å². The van der Waals surface area contributed by atoms with Crippen LogP contribution >= 0.6 is 11.3 Å². The van der Waals surface area contributed by atoms with Gasteiger partial charge in [-0.25, -0.2) is 4.98 Å². The van der Waals surface area contributed by atoms with Crippen molar-refractivity contribution >= 4 is 22.8 Å². The van der Waals surface area contributed by atoms with Gasteiger partial charge < -0.3 is 5.32 Å². The first-order valence-corrected chi connectivity index (χ1v) is 10.3. The number of hydrogen-bond acceptors (Lipinski definition) is 5. The average molecular weight is 398 g/mol. The van der Waals surface area contributed by atoms with Crippen LogP contribution in [0.1, 0.15) is 16.0 Å². The van der Waals surface area contributed by atoms with Gasteiger partial charge in [-0.15, -0.1) is 11.3 Å². The summed E-state index contributed by atoms with van der Waals surface area (Å²) in [6.45, 7) is 0.668. The lowest BCUT2D eigenvalue weighted by atomic mass is 10.1. The summed E-state index contributed by atoms with van der Waals surface area (Å²) < 4.78 is 1.89. The first-order valence-electron chi connectivity index (χ1n) is 9.45. The van der Waals surface area contributed by atoms with Crippen LogP contribution in [0.2, 0.25) is 0 Å². The molecule has 5 aromatic rings. The predicted octanol–water partition coefficient (Wildman–Crippen LogP) is 5.06. The molecular weight excluding hydrogens is 378 g/mol. The number of fused-ring (bicyclic) bond motifs is 1. The average Bonchev–Trinajstić information content (AvgIpc) is 3.44. The molecule has 6 heteroatoms. The van der Waals surface area contributed by atoms with E-state index in [0.717, 1.165) is 40.3 Å². The van der Waals surface area contributed by atoms with Crippen LogP contribution in [-0.4, -0.2) is 19.6 Å². The molecule has 0 saturated carbocycles. The summed E-state index contributed by atoms with van der Waals surface area (Å²) in [4.78, 5) is 10.5. The van der Waals surface area contributed by atoms with E-state index in [1.165, 1.54) is 4.88 Å². The molecule has 0 atom stereocenters. The van der Waals surface area contributed by atoms with Crippen molar-refractivity contribution < 1.29 is 0 Å². The van der Waals surface area contributed by atoms with Crippen molar-refractivity contribution in [1.82, 2.24) is 19.6 Å². The van der Waals surface area contributed by atoms with E-state index in [1.54, 1.807) is 17.5 Å². The number of hydrogen-bond donors (Lipinski definition) is 1. The number of pyridine rings is 1. The highest BCUT2D eigenvalue weighted by Crippen LogP contribution is 2.26. The molecule has 4 aromatic heterocycles. The summed E-state index contributed by atoms with van der Waals surface area (Å²) in [6.07, 6.45) is 6.40. The Morgan fingerprint density at radius 2 is 1.90 bits per heavy atom. The molecule has 0 aliphatic rings. The van der Waals surface area contributed by atoms with Gasteiger partial charge in [-0.1, -0.05) is 42.5 Å². The SMILES string of the molecule is c1ccc(-c2cc(NCc3cccnc3)n3ncc(Cc4cccs4)c3n2)cc1. The van der Waals surface area contributed by atoms with Crippen LogP contribution < -0.4 is 5.32 Å². The minimum atomic E-state index is 0.668. The van der Waals surface area contributed by atoms with Crippen LogP contribution in [0.3, 0.4) is 0 Å². The lowest BCUT2D eigenvalue weighted by molar-refractivity contribution is 0.925. The first kappa shape index (κ1) is 17.6. The molecule has 5 rings (SSSR count). The highest BCUT2D eigenvalue weighted by molar-refractivity contribution is 7.09. The van der Waals surface area contributed by atoms with Gasteiger partial charge in [0.25, 0.3) is 0 Å². The van der Waals surface area contributed by atoms with E-state index in [0.29, 0.717) is 6.54 Å². The van der Waals surface area contributed by atoms with Gasteiger partial charge in [-0.2, -0.15) is 9.61 Å². The van der Waals surface area contributed by atoms with Crippen molar-refractivity contribution in [2.75, 3.05) is 5.32 Å². The topological polar surface area (TPSA) is 55.1 Å². The molecule has 0 unspecified atom stereocenters. The molecule has 0 aliphatic heterocycles. The fourth-order valence-electron chi connectivity index (χ4n) is 3.31. The van der Waals surface area contributed by atoms with E-state index < -0.39 is 0 Å². The molecule has 1 aromatic carbocycles. The second kappa shape index (κ2) is 7.85. The largest absolute Gasteiger partial charge is 0.366 e. The number of rotatable bonds is 6. The highest BCUT2D eigenvalue weighted by atomic mass is 32.1. The van der Waals surface area contributed by atoms with Gasteiger partial charge in [0.2, 0.25) is 0 Å². The molecule has 0 amide bonds. The molecule has 0 radical (unpaired) electrons. The summed E-state index contributed by atoms with van der Waals surface area (Å²) in [5, 5.41) is 10.2. The van der Waals surface area contributed by atoms with Gasteiger partial charge in [0, 0.05) is 47.4 Å². The second-order valence-electron chi connectivity index (χ2n) is 6.77. The third-order valence-corrected chi connectivity index (χ3v) is 5.63. The molecule has 29 heavy (non-hydrogen) atoms. The summed E-state index contributed by atoms with van der Waals surface area (Å²) in [5.41, 5.74) is 5.13. The van der Waals surface area contributed by atoms with Crippen molar-refractivity contribution in [2.45, 2.75) is 13.0 Å². The number of aromatic nitrogens is 4. The Morgan fingerprint density at radius 3 is 2.69 bits per heavy atom. The smallest absolute Gasteiger partial charge is 0.161 e. The molecule has 0 bridgehead atoms. The minimum absolute atomic E-state index is 0.668. The molecule has 4 heterocycles.